The van der Waals surface area contributed by atoms with Gasteiger partial charge in [-0.1, -0.05) is 25.5 Å². The first-order valence-corrected chi connectivity index (χ1v) is 10.0. The number of rotatable bonds is 8. The molecule has 2 aromatic rings. The van der Waals surface area contributed by atoms with Crippen molar-refractivity contribution in [1.82, 2.24) is 5.32 Å². The molecule has 1 heterocycles. The molecule has 6 nitrogen and oxygen atoms in total. The van der Waals surface area contributed by atoms with Crippen LogP contribution in [0.3, 0.4) is 0 Å². The summed E-state index contributed by atoms with van der Waals surface area (Å²) in [6.45, 7) is 7.31. The van der Waals surface area contributed by atoms with E-state index in [1.165, 1.54) is 11.3 Å². The van der Waals surface area contributed by atoms with E-state index in [1.807, 2.05) is 39.0 Å². The Labute approximate surface area is 169 Å². The van der Waals surface area contributed by atoms with E-state index in [4.69, 9.17) is 4.74 Å². The molecule has 150 valence electrons. The molecule has 1 aromatic heterocycles. The Morgan fingerprint density at radius 1 is 1.11 bits per heavy atom. The van der Waals surface area contributed by atoms with Gasteiger partial charge in [0.05, 0.1) is 6.54 Å². The molecule has 0 saturated heterocycles. The molecule has 0 aliphatic rings. The predicted molar refractivity (Wildman–Crippen MR) is 111 cm³/mol. The molecule has 0 saturated carbocycles. The fourth-order valence-electron chi connectivity index (χ4n) is 2.65. The highest BCUT2D eigenvalue weighted by atomic mass is 32.1. The Morgan fingerprint density at radius 3 is 2.57 bits per heavy atom. The number of anilines is 1. The van der Waals surface area contributed by atoms with Gasteiger partial charge in [0.1, 0.15) is 4.88 Å². The minimum atomic E-state index is -0.523. The summed E-state index contributed by atoms with van der Waals surface area (Å²) < 4.78 is 5.05. The van der Waals surface area contributed by atoms with Crippen molar-refractivity contribution in [2.45, 2.75) is 40.5 Å². The molecule has 0 atom stereocenters. The van der Waals surface area contributed by atoms with E-state index in [1.54, 1.807) is 6.07 Å². The van der Waals surface area contributed by atoms with Crippen LogP contribution in [-0.2, 0) is 20.7 Å². The van der Waals surface area contributed by atoms with Crippen LogP contribution in [0.2, 0.25) is 0 Å². The largest absolute Gasteiger partial charge is 0.451 e. The average molecular weight is 403 g/mol. The molecule has 0 aliphatic carbocycles. The van der Waals surface area contributed by atoms with Gasteiger partial charge in [0.2, 0.25) is 5.91 Å². The summed E-state index contributed by atoms with van der Waals surface area (Å²) in [5.74, 6) is -1.39. The van der Waals surface area contributed by atoms with Gasteiger partial charge >= 0.3 is 5.97 Å². The Morgan fingerprint density at radius 2 is 1.86 bits per heavy atom. The van der Waals surface area contributed by atoms with Gasteiger partial charge in [0, 0.05) is 10.6 Å². The Balaban J connectivity index is 1.77. The van der Waals surface area contributed by atoms with Gasteiger partial charge in [-0.2, -0.15) is 0 Å². The molecular formula is C21H26N2O4S. The third-order valence-electron chi connectivity index (χ3n) is 4.40. The van der Waals surface area contributed by atoms with E-state index in [-0.39, 0.29) is 12.5 Å². The monoisotopic (exact) mass is 402 g/mol. The molecule has 0 fully saturated rings. The zero-order chi connectivity index (χ0) is 20.7. The molecule has 2 amide bonds. The first-order chi connectivity index (χ1) is 13.3. The fourth-order valence-corrected chi connectivity index (χ4v) is 3.62. The lowest BCUT2D eigenvalue weighted by Gasteiger charge is -2.11. The zero-order valence-corrected chi connectivity index (χ0v) is 17.5. The summed E-state index contributed by atoms with van der Waals surface area (Å²) in [4.78, 5) is 37.5. The van der Waals surface area contributed by atoms with Crippen LogP contribution >= 0.6 is 11.3 Å². The Bertz CT molecular complexity index is 873. The number of nitrogens with one attached hydrogen (secondary N) is 2. The molecule has 2 N–H and O–H groups in total. The molecule has 7 heteroatoms. The van der Waals surface area contributed by atoms with E-state index in [0.29, 0.717) is 10.6 Å². The summed E-state index contributed by atoms with van der Waals surface area (Å²) >= 11 is 1.37. The van der Waals surface area contributed by atoms with Crippen molar-refractivity contribution in [1.29, 1.82) is 0 Å². The van der Waals surface area contributed by atoms with Crippen molar-refractivity contribution in [3.8, 4) is 0 Å². The van der Waals surface area contributed by atoms with Gasteiger partial charge < -0.3 is 15.4 Å². The first kappa shape index (κ1) is 21.6. The summed E-state index contributed by atoms with van der Waals surface area (Å²) in [5.41, 5.74) is 3.89. The number of carbonyl (C=O) groups is 3. The highest BCUT2D eigenvalue weighted by Crippen LogP contribution is 2.23. The first-order valence-electron chi connectivity index (χ1n) is 9.21. The third kappa shape index (κ3) is 5.92. The number of hydrogen-bond acceptors (Lipinski definition) is 5. The minimum Gasteiger partial charge on any atom is -0.451 e. The van der Waals surface area contributed by atoms with Crippen LogP contribution in [0.15, 0.2) is 24.3 Å². The van der Waals surface area contributed by atoms with E-state index in [2.05, 4.69) is 17.6 Å². The molecule has 28 heavy (non-hydrogen) atoms. The number of aryl methyl sites for hydroxylation is 3. The van der Waals surface area contributed by atoms with Gasteiger partial charge in [0.15, 0.2) is 6.61 Å². The van der Waals surface area contributed by atoms with Crippen molar-refractivity contribution >= 4 is 34.8 Å². The number of amides is 2. The molecule has 0 radical (unpaired) electrons. The highest BCUT2D eigenvalue weighted by Gasteiger charge is 2.15. The number of ether oxygens (including phenoxy) is 1. The zero-order valence-electron chi connectivity index (χ0n) is 16.7. The fraction of sp³-hybridized carbons (Fsp3) is 0.381. The molecule has 0 aliphatic heterocycles. The van der Waals surface area contributed by atoms with Gasteiger partial charge in [-0.3, -0.25) is 9.59 Å². The van der Waals surface area contributed by atoms with Crippen molar-refractivity contribution in [3.63, 3.8) is 0 Å². The normalized spacial score (nSPS) is 10.4. The van der Waals surface area contributed by atoms with Crippen molar-refractivity contribution in [2.75, 3.05) is 18.5 Å². The molecular weight excluding hydrogens is 376 g/mol. The van der Waals surface area contributed by atoms with Crippen LogP contribution in [0.1, 0.15) is 44.6 Å². The van der Waals surface area contributed by atoms with Crippen LogP contribution in [0, 0.1) is 20.8 Å². The lowest BCUT2D eigenvalue weighted by Crippen LogP contribution is -2.35. The number of thiophene rings is 1. The van der Waals surface area contributed by atoms with Gasteiger partial charge in [-0.05, 0) is 56.0 Å². The lowest BCUT2D eigenvalue weighted by molar-refractivity contribution is -0.126. The van der Waals surface area contributed by atoms with Crippen LogP contribution in [0.5, 0.6) is 0 Å². The van der Waals surface area contributed by atoms with Gasteiger partial charge in [-0.25, -0.2) is 4.79 Å². The summed E-state index contributed by atoms with van der Waals surface area (Å²) in [7, 11) is 0. The van der Waals surface area contributed by atoms with Gasteiger partial charge in [0.25, 0.3) is 5.91 Å². The van der Waals surface area contributed by atoms with E-state index in [0.717, 1.165) is 34.4 Å². The molecule has 2 rings (SSSR count). The van der Waals surface area contributed by atoms with Gasteiger partial charge in [-0.15, -0.1) is 11.3 Å². The number of esters is 1. The molecule has 1 aromatic carbocycles. The second kappa shape index (κ2) is 10.0. The van der Waals surface area contributed by atoms with Crippen molar-refractivity contribution in [2.24, 2.45) is 0 Å². The maximum Gasteiger partial charge on any atom is 0.348 e. The molecule has 0 unspecified atom stereocenters. The van der Waals surface area contributed by atoms with E-state index < -0.39 is 18.5 Å². The second-order valence-electron chi connectivity index (χ2n) is 6.59. The molecule has 0 spiro atoms. The van der Waals surface area contributed by atoms with E-state index >= 15 is 0 Å². The standard InChI is InChI=1S/C21H26N2O4S/c1-5-7-16-10-18(28-15(16)4)21(26)27-12-20(25)22-11-19(24)23-17-9-6-8-13(2)14(17)3/h6,8-10H,5,7,11-12H2,1-4H3,(H,22,25)(H,23,24). The quantitative estimate of drug-likeness (QED) is 0.662. The predicted octanol–water partition coefficient (Wildman–Crippen LogP) is 3.54. The summed E-state index contributed by atoms with van der Waals surface area (Å²) in [6, 6.07) is 7.44. The Kier molecular flexibility index (Phi) is 7.75. The second-order valence-corrected chi connectivity index (χ2v) is 7.85. The Hall–Kier alpha value is -2.67. The number of carbonyl (C=O) groups excluding carboxylic acids is 3. The van der Waals surface area contributed by atoms with Crippen LogP contribution in [0.25, 0.3) is 0 Å². The maximum absolute atomic E-state index is 12.1. The topological polar surface area (TPSA) is 84.5 Å². The number of hydrogen-bond donors (Lipinski definition) is 2. The molecule has 0 bridgehead atoms. The average Bonchev–Trinajstić information content (AvgIpc) is 3.03. The van der Waals surface area contributed by atoms with Crippen LogP contribution < -0.4 is 10.6 Å². The maximum atomic E-state index is 12.1. The van der Waals surface area contributed by atoms with E-state index in [9.17, 15) is 14.4 Å². The lowest BCUT2D eigenvalue weighted by atomic mass is 10.1. The van der Waals surface area contributed by atoms with Crippen LogP contribution in [-0.4, -0.2) is 30.9 Å². The smallest absolute Gasteiger partial charge is 0.348 e. The highest BCUT2D eigenvalue weighted by molar-refractivity contribution is 7.14. The van der Waals surface area contributed by atoms with Crippen LogP contribution in [0.4, 0.5) is 5.69 Å². The summed E-state index contributed by atoms with van der Waals surface area (Å²) in [5, 5.41) is 5.21. The number of benzene rings is 1. The van der Waals surface area contributed by atoms with Crippen molar-refractivity contribution in [3.05, 3.63) is 50.7 Å². The third-order valence-corrected chi connectivity index (χ3v) is 5.47. The summed E-state index contributed by atoms with van der Waals surface area (Å²) in [6.07, 6.45) is 1.91. The SMILES string of the molecule is CCCc1cc(C(=O)OCC(=O)NCC(=O)Nc2cccc(C)c2C)sc1C. The minimum absolute atomic E-state index is 0.192. The van der Waals surface area contributed by atoms with Crippen molar-refractivity contribution < 1.29 is 19.1 Å².